The Morgan fingerprint density at radius 1 is 1.19 bits per heavy atom. The summed E-state index contributed by atoms with van der Waals surface area (Å²) in [4.78, 5) is 0. The van der Waals surface area contributed by atoms with Gasteiger partial charge in [-0.05, 0) is 37.1 Å². The number of nitrogens with one attached hydrogen (secondary N) is 1. The van der Waals surface area contributed by atoms with Crippen LogP contribution in [0.4, 0.5) is 8.78 Å². The van der Waals surface area contributed by atoms with Crippen molar-refractivity contribution in [2.45, 2.75) is 43.2 Å². The maximum Gasteiger partial charge on any atom is 0.126 e. The average Bonchev–Trinajstić information content (AvgIpc) is 2.43. The molecule has 0 aromatic heterocycles. The highest BCUT2D eigenvalue weighted by Crippen LogP contribution is 2.34. The quantitative estimate of drug-likeness (QED) is 0.842. The van der Waals surface area contributed by atoms with Crippen molar-refractivity contribution in [2.75, 3.05) is 18.1 Å². The van der Waals surface area contributed by atoms with Gasteiger partial charge in [0.15, 0.2) is 0 Å². The second kappa shape index (κ2) is 8.39. The summed E-state index contributed by atoms with van der Waals surface area (Å²) in [6.45, 7) is 5.34. The Morgan fingerprint density at radius 2 is 1.86 bits per heavy atom. The van der Waals surface area contributed by atoms with E-state index in [-0.39, 0.29) is 6.04 Å². The lowest BCUT2D eigenvalue weighted by Gasteiger charge is -2.35. The van der Waals surface area contributed by atoms with Gasteiger partial charge in [-0.3, -0.25) is 0 Å². The number of thioether (sulfide) groups is 2. The van der Waals surface area contributed by atoms with Crippen molar-refractivity contribution in [3.63, 3.8) is 0 Å². The van der Waals surface area contributed by atoms with Crippen molar-refractivity contribution < 1.29 is 8.78 Å². The lowest BCUT2D eigenvalue weighted by molar-refractivity contribution is 0.483. The van der Waals surface area contributed by atoms with Crippen LogP contribution in [0.15, 0.2) is 18.2 Å². The minimum absolute atomic E-state index is 0.263. The summed E-state index contributed by atoms with van der Waals surface area (Å²) in [5.41, 5.74) is 0.740. The fourth-order valence-electron chi connectivity index (χ4n) is 2.71. The van der Waals surface area contributed by atoms with Gasteiger partial charge < -0.3 is 5.32 Å². The molecule has 0 spiro atoms. The van der Waals surface area contributed by atoms with Crippen molar-refractivity contribution in [3.05, 3.63) is 35.4 Å². The van der Waals surface area contributed by atoms with Crippen LogP contribution in [-0.2, 0) is 6.42 Å². The summed E-state index contributed by atoms with van der Waals surface area (Å²) < 4.78 is 26.8. The molecule has 1 nitrogen and oxygen atoms in total. The monoisotopic (exact) mass is 331 g/mol. The van der Waals surface area contributed by atoms with Crippen molar-refractivity contribution in [2.24, 2.45) is 0 Å². The highest BCUT2D eigenvalue weighted by molar-refractivity contribution is 8.07. The second-order valence-corrected chi connectivity index (χ2v) is 8.22. The van der Waals surface area contributed by atoms with Crippen LogP contribution in [0.5, 0.6) is 0 Å². The molecule has 1 heterocycles. The van der Waals surface area contributed by atoms with E-state index in [9.17, 15) is 8.78 Å². The SMILES string of the molecule is CCCNC(Cc1cc(F)cc(F)c1)C1SCCSC1C. The van der Waals surface area contributed by atoms with Crippen LogP contribution >= 0.6 is 23.5 Å². The molecule has 0 aliphatic carbocycles. The Labute approximate surface area is 134 Å². The van der Waals surface area contributed by atoms with Gasteiger partial charge in [0.05, 0.1) is 0 Å². The van der Waals surface area contributed by atoms with Crippen LogP contribution in [0.1, 0.15) is 25.8 Å². The minimum Gasteiger partial charge on any atom is -0.313 e. The zero-order valence-electron chi connectivity index (χ0n) is 12.6. The van der Waals surface area contributed by atoms with Gasteiger partial charge in [0.25, 0.3) is 0 Å². The Morgan fingerprint density at radius 3 is 2.48 bits per heavy atom. The molecule has 2 rings (SSSR count). The average molecular weight is 331 g/mol. The maximum absolute atomic E-state index is 13.4. The molecule has 1 aliphatic rings. The molecule has 0 amide bonds. The van der Waals surface area contributed by atoms with E-state index in [0.29, 0.717) is 16.9 Å². The van der Waals surface area contributed by atoms with E-state index in [1.165, 1.54) is 17.9 Å². The van der Waals surface area contributed by atoms with Crippen molar-refractivity contribution >= 4 is 23.5 Å². The molecule has 3 unspecified atom stereocenters. The molecule has 1 aliphatic heterocycles. The molecule has 1 fully saturated rings. The number of halogens is 2. The smallest absolute Gasteiger partial charge is 0.126 e. The first-order chi connectivity index (χ1) is 10.1. The number of hydrogen-bond donors (Lipinski definition) is 1. The zero-order valence-corrected chi connectivity index (χ0v) is 14.2. The molecule has 1 aromatic rings. The summed E-state index contributed by atoms with van der Waals surface area (Å²) in [6.07, 6.45) is 1.74. The lowest BCUT2D eigenvalue weighted by atomic mass is 10.0. The predicted octanol–water partition coefficient (Wildman–Crippen LogP) is 4.11. The lowest BCUT2D eigenvalue weighted by Crippen LogP contribution is -2.46. The Balaban J connectivity index is 2.11. The summed E-state index contributed by atoms with van der Waals surface area (Å²) in [6, 6.07) is 4.11. The van der Waals surface area contributed by atoms with Gasteiger partial charge in [0, 0.05) is 34.1 Å². The van der Waals surface area contributed by atoms with Crippen molar-refractivity contribution in [3.8, 4) is 0 Å². The summed E-state index contributed by atoms with van der Waals surface area (Å²) >= 11 is 3.98. The van der Waals surface area contributed by atoms with Gasteiger partial charge in [0.2, 0.25) is 0 Å². The third-order valence-electron chi connectivity index (χ3n) is 3.67. The van der Waals surface area contributed by atoms with E-state index < -0.39 is 11.6 Å². The summed E-state index contributed by atoms with van der Waals surface area (Å²) in [7, 11) is 0. The second-order valence-electron chi connectivity index (χ2n) is 5.45. The number of hydrogen-bond acceptors (Lipinski definition) is 3. The highest BCUT2D eigenvalue weighted by Gasteiger charge is 2.30. The highest BCUT2D eigenvalue weighted by atomic mass is 32.2. The van der Waals surface area contributed by atoms with Gasteiger partial charge in [-0.15, -0.1) is 0 Å². The van der Waals surface area contributed by atoms with Crippen molar-refractivity contribution in [1.29, 1.82) is 0 Å². The van der Waals surface area contributed by atoms with Gasteiger partial charge in [-0.1, -0.05) is 13.8 Å². The summed E-state index contributed by atoms with van der Waals surface area (Å²) in [5, 5.41) is 4.63. The molecular formula is C16H23F2NS2. The van der Waals surface area contributed by atoms with E-state index in [4.69, 9.17) is 0 Å². The Kier molecular flexibility index (Phi) is 6.83. The molecule has 21 heavy (non-hydrogen) atoms. The molecular weight excluding hydrogens is 308 g/mol. The molecule has 0 radical (unpaired) electrons. The van der Waals surface area contributed by atoms with Crippen LogP contribution in [0, 0.1) is 11.6 Å². The van der Waals surface area contributed by atoms with Gasteiger partial charge >= 0.3 is 0 Å². The summed E-state index contributed by atoms with van der Waals surface area (Å²) in [5.74, 6) is 1.37. The predicted molar refractivity (Wildman–Crippen MR) is 90.3 cm³/mol. The normalized spacial score (nSPS) is 24.0. The van der Waals surface area contributed by atoms with Crippen molar-refractivity contribution in [1.82, 2.24) is 5.32 Å². The third-order valence-corrected chi connectivity index (χ3v) is 6.92. The Hall–Kier alpha value is -0.260. The van der Waals surface area contributed by atoms with E-state index in [1.807, 2.05) is 23.5 Å². The van der Waals surface area contributed by atoms with Crippen LogP contribution < -0.4 is 5.32 Å². The van der Waals surface area contributed by atoms with E-state index in [0.717, 1.165) is 30.3 Å². The maximum atomic E-state index is 13.4. The fraction of sp³-hybridized carbons (Fsp3) is 0.625. The molecule has 1 N–H and O–H groups in total. The van der Waals surface area contributed by atoms with Crippen LogP contribution in [0.25, 0.3) is 0 Å². The Bertz CT molecular complexity index is 436. The van der Waals surface area contributed by atoms with Crippen LogP contribution in [0.2, 0.25) is 0 Å². The molecule has 0 bridgehead atoms. The van der Waals surface area contributed by atoms with E-state index in [2.05, 4.69) is 19.2 Å². The minimum atomic E-state index is -0.488. The topological polar surface area (TPSA) is 12.0 Å². The molecule has 0 saturated carbocycles. The van der Waals surface area contributed by atoms with E-state index in [1.54, 1.807) is 0 Å². The zero-order chi connectivity index (χ0) is 15.2. The fourth-order valence-corrected chi connectivity index (χ4v) is 5.67. The molecule has 5 heteroatoms. The van der Waals surface area contributed by atoms with Crippen LogP contribution in [0.3, 0.4) is 0 Å². The molecule has 3 atom stereocenters. The third kappa shape index (κ3) is 5.15. The van der Waals surface area contributed by atoms with Gasteiger partial charge in [-0.2, -0.15) is 23.5 Å². The van der Waals surface area contributed by atoms with Gasteiger partial charge in [0.1, 0.15) is 11.6 Å². The van der Waals surface area contributed by atoms with Gasteiger partial charge in [-0.25, -0.2) is 8.78 Å². The van der Waals surface area contributed by atoms with E-state index >= 15 is 0 Å². The first-order valence-electron chi connectivity index (χ1n) is 7.51. The largest absolute Gasteiger partial charge is 0.313 e. The first-order valence-corrected chi connectivity index (χ1v) is 9.61. The standard InChI is InChI=1S/C16H23F2NS2/c1-3-4-19-15(16-11(2)20-5-6-21-16)9-12-7-13(17)10-14(18)8-12/h7-8,10-11,15-16,19H,3-6,9H2,1-2H3. The number of rotatable bonds is 6. The number of benzene rings is 1. The molecule has 118 valence electrons. The first kappa shape index (κ1) is 17.1. The van der Waals surface area contributed by atoms with Crippen LogP contribution in [-0.4, -0.2) is 34.6 Å². The molecule has 1 aromatic carbocycles. The molecule has 1 saturated heterocycles.